The highest BCUT2D eigenvalue weighted by atomic mass is 35.5. The Morgan fingerprint density at radius 1 is 1.35 bits per heavy atom. The first-order chi connectivity index (χ1) is 10.7. The molecule has 8 heteroatoms. The van der Waals surface area contributed by atoms with E-state index in [-0.39, 0.29) is 23.3 Å². The first kappa shape index (κ1) is 19.7. The first-order valence-corrected chi connectivity index (χ1v) is 7.87. The van der Waals surface area contributed by atoms with Crippen LogP contribution in [0.5, 0.6) is 0 Å². The van der Waals surface area contributed by atoms with E-state index in [1.807, 2.05) is 0 Å². The Kier molecular flexibility index (Phi) is 8.91. The molecule has 0 spiro atoms. The highest BCUT2D eigenvalue weighted by molar-refractivity contribution is 6.69. The average Bonchev–Trinajstić information content (AvgIpc) is 2.55. The van der Waals surface area contributed by atoms with E-state index in [9.17, 15) is 10.1 Å². The molecular formula is C15H21Cl2N3O3. The van der Waals surface area contributed by atoms with Crippen LogP contribution in [0, 0.1) is 10.1 Å². The second kappa shape index (κ2) is 10.4. The normalized spacial score (nSPS) is 15.8. The number of piperidine rings is 1. The molecule has 0 amide bonds. The van der Waals surface area contributed by atoms with Crippen LogP contribution >= 0.6 is 24.0 Å². The molecule has 0 bridgehead atoms. The van der Waals surface area contributed by atoms with Gasteiger partial charge in [0.2, 0.25) is 0 Å². The fourth-order valence-corrected chi connectivity index (χ4v) is 2.60. The van der Waals surface area contributed by atoms with Crippen molar-refractivity contribution in [1.29, 1.82) is 0 Å². The molecular weight excluding hydrogens is 341 g/mol. The Bertz CT molecular complexity index is 534. The Morgan fingerprint density at radius 2 is 2.09 bits per heavy atom. The maximum absolute atomic E-state index is 10.7. The lowest BCUT2D eigenvalue weighted by atomic mass is 10.1. The Morgan fingerprint density at radius 3 is 2.78 bits per heavy atom. The van der Waals surface area contributed by atoms with Crippen LogP contribution < -0.4 is 0 Å². The average molecular weight is 362 g/mol. The van der Waals surface area contributed by atoms with E-state index >= 15 is 0 Å². The molecule has 1 fully saturated rings. The predicted octanol–water partition coefficient (Wildman–Crippen LogP) is 3.81. The van der Waals surface area contributed by atoms with Gasteiger partial charge in [-0.1, -0.05) is 35.3 Å². The quantitative estimate of drug-likeness (QED) is 0.320. The van der Waals surface area contributed by atoms with Gasteiger partial charge in [0.25, 0.3) is 5.69 Å². The van der Waals surface area contributed by atoms with Gasteiger partial charge in [-0.05, 0) is 32.4 Å². The summed E-state index contributed by atoms with van der Waals surface area (Å²) in [6.07, 6.45) is 4.77. The zero-order valence-electron chi connectivity index (χ0n) is 12.8. The summed E-state index contributed by atoms with van der Waals surface area (Å²) in [6, 6.07) is 6.02. The predicted molar refractivity (Wildman–Crippen MR) is 93.6 cm³/mol. The molecule has 1 aliphatic rings. The third-order valence-electron chi connectivity index (χ3n) is 3.60. The highest BCUT2D eigenvalue weighted by Gasteiger charge is 2.10. The number of nitro benzene ring substituents is 1. The van der Waals surface area contributed by atoms with E-state index in [1.54, 1.807) is 12.1 Å². The van der Waals surface area contributed by atoms with E-state index in [4.69, 9.17) is 16.4 Å². The third-order valence-corrected chi connectivity index (χ3v) is 3.89. The summed E-state index contributed by atoms with van der Waals surface area (Å²) in [5.41, 5.74) is 0.461. The van der Waals surface area contributed by atoms with E-state index in [2.05, 4.69) is 10.1 Å². The van der Waals surface area contributed by atoms with Crippen molar-refractivity contribution in [3.05, 3.63) is 39.9 Å². The standard InChI is InChI=1S/C15H20ClN3O3.ClH/c16-15(13-6-4-7-14(12-13)19(20)21)17-22-11-5-10-18-8-2-1-3-9-18;/h4,6-7,12H,1-3,5,8-11H2;1H/b17-15+;. The molecule has 1 aliphatic heterocycles. The number of nitrogens with zero attached hydrogens (tertiary/aromatic N) is 3. The molecule has 0 saturated carbocycles. The molecule has 0 aliphatic carbocycles. The number of nitro groups is 1. The van der Waals surface area contributed by atoms with Gasteiger partial charge < -0.3 is 9.74 Å². The zero-order chi connectivity index (χ0) is 15.8. The summed E-state index contributed by atoms with van der Waals surface area (Å²) in [4.78, 5) is 17.9. The van der Waals surface area contributed by atoms with Crippen molar-refractivity contribution in [3.8, 4) is 0 Å². The fourth-order valence-electron chi connectivity index (χ4n) is 2.44. The largest absolute Gasteiger partial charge is 0.395 e. The van der Waals surface area contributed by atoms with Gasteiger partial charge >= 0.3 is 0 Å². The summed E-state index contributed by atoms with van der Waals surface area (Å²) in [7, 11) is 0. The number of halogens is 2. The number of hydrogen-bond donors (Lipinski definition) is 0. The molecule has 128 valence electrons. The lowest BCUT2D eigenvalue weighted by Gasteiger charge is -2.25. The van der Waals surface area contributed by atoms with Gasteiger partial charge in [0.05, 0.1) is 4.92 Å². The van der Waals surface area contributed by atoms with Gasteiger partial charge in [-0.3, -0.25) is 10.1 Å². The van der Waals surface area contributed by atoms with Crippen LogP contribution in [0.25, 0.3) is 0 Å². The van der Waals surface area contributed by atoms with Crippen molar-refractivity contribution in [3.63, 3.8) is 0 Å². The van der Waals surface area contributed by atoms with E-state index < -0.39 is 4.92 Å². The number of hydrogen-bond acceptors (Lipinski definition) is 5. The molecule has 1 heterocycles. The minimum Gasteiger partial charge on any atom is -0.395 e. The van der Waals surface area contributed by atoms with Crippen LogP contribution in [-0.2, 0) is 4.84 Å². The number of benzene rings is 1. The minimum absolute atomic E-state index is 0. The summed E-state index contributed by atoms with van der Waals surface area (Å²) in [5, 5.41) is 14.7. The molecule has 0 atom stereocenters. The highest BCUT2D eigenvalue weighted by Crippen LogP contribution is 2.15. The van der Waals surface area contributed by atoms with Crippen molar-refractivity contribution in [1.82, 2.24) is 4.90 Å². The molecule has 2 rings (SSSR count). The summed E-state index contributed by atoms with van der Waals surface area (Å²) in [6.45, 7) is 3.82. The van der Waals surface area contributed by atoms with Crippen LogP contribution in [0.15, 0.2) is 29.4 Å². The van der Waals surface area contributed by atoms with Gasteiger partial charge in [-0.25, -0.2) is 0 Å². The molecule has 23 heavy (non-hydrogen) atoms. The molecule has 1 aromatic carbocycles. The van der Waals surface area contributed by atoms with Gasteiger partial charge in [-0.2, -0.15) is 0 Å². The van der Waals surface area contributed by atoms with Crippen LogP contribution in [-0.4, -0.2) is 41.2 Å². The van der Waals surface area contributed by atoms with Crippen LogP contribution in [0.3, 0.4) is 0 Å². The maximum Gasteiger partial charge on any atom is 0.270 e. The maximum atomic E-state index is 10.7. The second-order valence-electron chi connectivity index (χ2n) is 5.28. The number of likely N-dealkylation sites (tertiary alicyclic amines) is 1. The third kappa shape index (κ3) is 6.72. The minimum atomic E-state index is -0.465. The number of rotatable bonds is 7. The van der Waals surface area contributed by atoms with Gasteiger partial charge in [0.15, 0.2) is 5.17 Å². The lowest BCUT2D eigenvalue weighted by Crippen LogP contribution is -2.31. The lowest BCUT2D eigenvalue weighted by molar-refractivity contribution is -0.384. The van der Waals surface area contributed by atoms with Crippen molar-refractivity contribution >= 4 is 34.9 Å². The topological polar surface area (TPSA) is 68.0 Å². The summed E-state index contributed by atoms with van der Waals surface area (Å²) < 4.78 is 0. The van der Waals surface area contributed by atoms with Crippen molar-refractivity contribution in [2.45, 2.75) is 25.7 Å². The number of non-ortho nitro benzene ring substituents is 1. The van der Waals surface area contributed by atoms with E-state index in [1.165, 1.54) is 31.4 Å². The van der Waals surface area contributed by atoms with Crippen molar-refractivity contribution < 1.29 is 9.76 Å². The first-order valence-electron chi connectivity index (χ1n) is 7.49. The van der Waals surface area contributed by atoms with Crippen molar-refractivity contribution in [2.75, 3.05) is 26.2 Å². The second-order valence-corrected chi connectivity index (χ2v) is 5.64. The molecule has 1 saturated heterocycles. The van der Waals surface area contributed by atoms with Gasteiger partial charge in [-0.15, -0.1) is 12.4 Å². The SMILES string of the molecule is Cl.O=[N+]([O-])c1cccc(/C(Cl)=N\OCCCN2CCCCC2)c1. The summed E-state index contributed by atoms with van der Waals surface area (Å²) >= 11 is 6.00. The van der Waals surface area contributed by atoms with Gasteiger partial charge in [0.1, 0.15) is 6.61 Å². The van der Waals surface area contributed by atoms with E-state index in [0.29, 0.717) is 12.2 Å². The Hall–Kier alpha value is -1.37. The smallest absolute Gasteiger partial charge is 0.270 e. The molecule has 0 aromatic heterocycles. The molecule has 0 unspecified atom stereocenters. The zero-order valence-corrected chi connectivity index (χ0v) is 14.4. The molecule has 0 N–H and O–H groups in total. The van der Waals surface area contributed by atoms with Gasteiger partial charge in [0, 0.05) is 24.2 Å². The Labute approximate surface area is 147 Å². The van der Waals surface area contributed by atoms with Crippen molar-refractivity contribution in [2.24, 2.45) is 5.16 Å². The Balaban J connectivity index is 0.00000264. The molecule has 6 nitrogen and oxygen atoms in total. The van der Waals surface area contributed by atoms with Crippen LogP contribution in [0.2, 0.25) is 0 Å². The summed E-state index contributed by atoms with van der Waals surface area (Å²) in [5.74, 6) is 0. The number of oxime groups is 1. The van der Waals surface area contributed by atoms with Crippen LogP contribution in [0.1, 0.15) is 31.2 Å². The van der Waals surface area contributed by atoms with Crippen LogP contribution in [0.4, 0.5) is 5.69 Å². The van der Waals surface area contributed by atoms with E-state index in [0.717, 1.165) is 26.1 Å². The molecule has 1 aromatic rings. The molecule has 0 radical (unpaired) electrons. The monoisotopic (exact) mass is 361 g/mol. The fraction of sp³-hybridized carbons (Fsp3) is 0.533.